The van der Waals surface area contributed by atoms with E-state index in [9.17, 15) is 4.79 Å². The number of rotatable bonds is 3. The Balaban J connectivity index is 2.42. The smallest absolute Gasteiger partial charge is 0.308 e. The van der Waals surface area contributed by atoms with Crippen molar-refractivity contribution in [1.82, 2.24) is 4.98 Å². The largest absolute Gasteiger partial charge is 0.423 e. The molecule has 0 atom stereocenters. The Hall–Kier alpha value is -2.39. The third kappa shape index (κ3) is 2.92. The molecule has 0 fully saturated rings. The monoisotopic (exact) mass is 325 g/mol. The number of aryl methyl sites for hydroxylation is 1. The zero-order chi connectivity index (χ0) is 16.4. The average molecular weight is 326 g/mol. The van der Waals surface area contributed by atoms with Crippen molar-refractivity contribution < 1.29 is 9.53 Å². The summed E-state index contributed by atoms with van der Waals surface area (Å²) in [5.74, 6) is -0.108. The van der Waals surface area contributed by atoms with Crippen LogP contribution in [0.1, 0.15) is 19.4 Å². The molecule has 0 bridgehead atoms. The Bertz CT molecular complexity index is 875. The third-order valence-corrected chi connectivity index (χ3v) is 3.96. The van der Waals surface area contributed by atoms with Crippen LogP contribution in [0.2, 0.25) is 5.15 Å². The maximum Gasteiger partial charge on any atom is 0.308 e. The van der Waals surface area contributed by atoms with Crippen molar-refractivity contribution in [1.29, 1.82) is 0 Å². The molecule has 0 aliphatic rings. The summed E-state index contributed by atoms with van der Waals surface area (Å²) in [6.07, 6.45) is 0.849. The molecular weight excluding hydrogens is 310 g/mol. The molecule has 3 nitrogen and oxygen atoms in total. The molecule has 0 amide bonds. The summed E-state index contributed by atoms with van der Waals surface area (Å²) in [7, 11) is 0. The molecule has 3 rings (SSSR count). The van der Waals surface area contributed by atoms with Gasteiger partial charge in [0.2, 0.25) is 0 Å². The summed E-state index contributed by atoms with van der Waals surface area (Å²) in [4.78, 5) is 16.0. The maximum absolute atomic E-state index is 11.5. The predicted octanol–water partition coefficient (Wildman–Crippen LogP) is 5.04. The Kier molecular flexibility index (Phi) is 4.30. The van der Waals surface area contributed by atoms with Crippen molar-refractivity contribution in [3.63, 3.8) is 0 Å². The van der Waals surface area contributed by atoms with Crippen molar-refractivity contribution in [3.8, 4) is 16.9 Å². The van der Waals surface area contributed by atoms with Crippen molar-refractivity contribution in [2.75, 3.05) is 0 Å². The Morgan fingerprint density at radius 2 is 1.87 bits per heavy atom. The van der Waals surface area contributed by atoms with E-state index in [2.05, 4.69) is 11.9 Å². The van der Waals surface area contributed by atoms with E-state index in [4.69, 9.17) is 16.3 Å². The topological polar surface area (TPSA) is 39.2 Å². The number of hydrogen-bond acceptors (Lipinski definition) is 3. The van der Waals surface area contributed by atoms with Crippen LogP contribution in [0.4, 0.5) is 0 Å². The predicted molar refractivity (Wildman–Crippen MR) is 92.9 cm³/mol. The van der Waals surface area contributed by atoms with Crippen LogP contribution in [0.5, 0.6) is 5.75 Å². The van der Waals surface area contributed by atoms with Gasteiger partial charge in [0, 0.05) is 17.9 Å². The highest BCUT2D eigenvalue weighted by Crippen LogP contribution is 2.41. The Morgan fingerprint density at radius 3 is 2.52 bits per heavy atom. The first-order valence-corrected chi connectivity index (χ1v) is 7.84. The van der Waals surface area contributed by atoms with Crippen LogP contribution in [0.25, 0.3) is 22.0 Å². The molecule has 3 aromatic rings. The second-order valence-electron chi connectivity index (χ2n) is 5.23. The highest BCUT2D eigenvalue weighted by Gasteiger charge is 2.19. The van der Waals surface area contributed by atoms with Gasteiger partial charge in [0.25, 0.3) is 0 Å². The SMILES string of the molecule is CCc1cccc2c(-c3ccccc3)c(OC(C)=O)c(Cl)nc12. The molecule has 0 aliphatic heterocycles. The van der Waals surface area contributed by atoms with E-state index >= 15 is 0 Å². The van der Waals surface area contributed by atoms with E-state index in [1.54, 1.807) is 0 Å². The van der Waals surface area contributed by atoms with Gasteiger partial charge in [-0.3, -0.25) is 4.79 Å². The molecule has 0 N–H and O–H groups in total. The van der Waals surface area contributed by atoms with Gasteiger partial charge in [0.1, 0.15) is 0 Å². The molecular formula is C19H16ClNO2. The van der Waals surface area contributed by atoms with Gasteiger partial charge in [-0.05, 0) is 17.5 Å². The average Bonchev–Trinajstić information content (AvgIpc) is 2.55. The lowest BCUT2D eigenvalue weighted by Crippen LogP contribution is -2.05. The van der Waals surface area contributed by atoms with E-state index in [0.29, 0.717) is 5.75 Å². The van der Waals surface area contributed by atoms with Crippen LogP contribution in [-0.4, -0.2) is 11.0 Å². The van der Waals surface area contributed by atoms with Crippen molar-refractivity contribution in [3.05, 3.63) is 59.2 Å². The standard InChI is InChI=1S/C19H16ClNO2/c1-3-13-10-7-11-15-16(14-8-5-4-6-9-14)18(23-12(2)22)19(20)21-17(13)15/h4-11H,3H2,1-2H3. The number of ether oxygens (including phenoxy) is 1. The summed E-state index contributed by atoms with van der Waals surface area (Å²) < 4.78 is 5.38. The minimum Gasteiger partial charge on any atom is -0.423 e. The van der Waals surface area contributed by atoms with Gasteiger partial charge >= 0.3 is 5.97 Å². The molecule has 2 aromatic carbocycles. The van der Waals surface area contributed by atoms with Crippen molar-refractivity contribution >= 4 is 28.5 Å². The molecule has 0 saturated carbocycles. The number of carbonyl (C=O) groups is 1. The fraction of sp³-hybridized carbons (Fsp3) is 0.158. The van der Waals surface area contributed by atoms with Gasteiger partial charge in [-0.15, -0.1) is 0 Å². The van der Waals surface area contributed by atoms with Crippen LogP contribution in [0, 0.1) is 0 Å². The minimum absolute atomic E-state index is 0.201. The van der Waals surface area contributed by atoms with Gasteiger partial charge < -0.3 is 4.74 Å². The van der Waals surface area contributed by atoms with Crippen LogP contribution in [0.15, 0.2) is 48.5 Å². The summed E-state index contributed by atoms with van der Waals surface area (Å²) in [6.45, 7) is 3.43. The van der Waals surface area contributed by atoms with E-state index in [0.717, 1.165) is 34.0 Å². The second kappa shape index (κ2) is 6.39. The van der Waals surface area contributed by atoms with Crippen molar-refractivity contribution in [2.45, 2.75) is 20.3 Å². The molecule has 1 aromatic heterocycles. The number of nitrogens with zero attached hydrogens (tertiary/aromatic N) is 1. The summed E-state index contributed by atoms with van der Waals surface area (Å²) >= 11 is 6.34. The molecule has 0 spiro atoms. The molecule has 0 radical (unpaired) electrons. The van der Waals surface area contributed by atoms with Crippen molar-refractivity contribution in [2.24, 2.45) is 0 Å². The van der Waals surface area contributed by atoms with Gasteiger partial charge in [0.15, 0.2) is 10.9 Å². The number of fused-ring (bicyclic) bond motifs is 1. The number of hydrogen-bond donors (Lipinski definition) is 0. The summed E-state index contributed by atoms with van der Waals surface area (Å²) in [5, 5.41) is 1.13. The minimum atomic E-state index is -0.420. The second-order valence-corrected chi connectivity index (χ2v) is 5.59. The first kappa shape index (κ1) is 15.5. The van der Waals surface area contributed by atoms with E-state index < -0.39 is 5.97 Å². The van der Waals surface area contributed by atoms with Gasteiger partial charge in [-0.2, -0.15) is 0 Å². The fourth-order valence-electron chi connectivity index (χ4n) is 2.71. The molecule has 0 saturated heterocycles. The number of pyridine rings is 1. The number of halogens is 1. The van der Waals surface area contributed by atoms with Crippen LogP contribution in [0.3, 0.4) is 0 Å². The van der Waals surface area contributed by atoms with Gasteiger partial charge in [-0.1, -0.05) is 67.1 Å². The number of carbonyl (C=O) groups excluding carboxylic acids is 1. The highest BCUT2D eigenvalue weighted by molar-refractivity contribution is 6.32. The normalized spacial score (nSPS) is 10.7. The number of esters is 1. The zero-order valence-corrected chi connectivity index (χ0v) is 13.7. The van der Waals surface area contributed by atoms with E-state index in [1.807, 2.05) is 48.5 Å². The Labute approximate surface area is 139 Å². The third-order valence-electron chi connectivity index (χ3n) is 3.70. The fourth-order valence-corrected chi connectivity index (χ4v) is 2.93. The molecule has 116 valence electrons. The molecule has 0 aliphatic carbocycles. The molecule has 1 heterocycles. The quantitative estimate of drug-likeness (QED) is 0.500. The summed E-state index contributed by atoms with van der Waals surface area (Å²) in [5.41, 5.74) is 3.68. The molecule has 4 heteroatoms. The molecule has 0 unspecified atom stereocenters. The van der Waals surface area contributed by atoms with Gasteiger partial charge in [-0.25, -0.2) is 4.98 Å². The number of benzene rings is 2. The first-order valence-electron chi connectivity index (χ1n) is 7.46. The van der Waals surface area contributed by atoms with Crippen LogP contribution < -0.4 is 4.74 Å². The van der Waals surface area contributed by atoms with E-state index in [-0.39, 0.29) is 5.15 Å². The lowest BCUT2D eigenvalue weighted by Gasteiger charge is -2.15. The zero-order valence-electron chi connectivity index (χ0n) is 13.0. The summed E-state index contributed by atoms with van der Waals surface area (Å²) in [6, 6.07) is 15.8. The van der Waals surface area contributed by atoms with Gasteiger partial charge in [0.05, 0.1) is 5.52 Å². The molecule has 23 heavy (non-hydrogen) atoms. The number of para-hydroxylation sites is 1. The van der Waals surface area contributed by atoms with Crippen LogP contribution in [-0.2, 0) is 11.2 Å². The highest BCUT2D eigenvalue weighted by atomic mass is 35.5. The maximum atomic E-state index is 11.5. The number of aromatic nitrogens is 1. The Morgan fingerprint density at radius 1 is 1.13 bits per heavy atom. The lowest BCUT2D eigenvalue weighted by molar-refractivity contribution is -0.131. The van der Waals surface area contributed by atoms with Crippen LogP contribution >= 0.6 is 11.6 Å². The first-order chi connectivity index (χ1) is 11.1. The lowest BCUT2D eigenvalue weighted by atomic mass is 9.97. The van der Waals surface area contributed by atoms with E-state index in [1.165, 1.54) is 6.92 Å².